The van der Waals surface area contributed by atoms with E-state index in [1.165, 1.54) is 0 Å². The summed E-state index contributed by atoms with van der Waals surface area (Å²) in [6.07, 6.45) is -1.63. The quantitative estimate of drug-likeness (QED) is 0.726. The van der Waals surface area contributed by atoms with Crippen LogP contribution in [0.2, 0.25) is 0 Å². The van der Waals surface area contributed by atoms with Crippen molar-refractivity contribution in [2.75, 3.05) is 0 Å². The first-order valence-corrected chi connectivity index (χ1v) is 4.97. The molecule has 1 aliphatic heterocycles. The third kappa shape index (κ3) is 1.75. The number of hydrogen-bond acceptors (Lipinski definition) is 2. The maximum absolute atomic E-state index is 12.8. The molecule has 1 aliphatic rings. The second-order valence-corrected chi connectivity index (χ2v) is 3.75. The van der Waals surface area contributed by atoms with Crippen molar-refractivity contribution in [2.45, 2.75) is 27.1 Å². The normalized spacial score (nSPS) is 17.7. The number of benzene rings is 1. The molecule has 1 heterocycles. The number of hydrogen-bond donors (Lipinski definition) is 0. The monoisotopic (exact) mass is 226 g/mol. The number of allylic oxidation sites excluding steroid dienone is 2. The number of fused-ring (bicyclic) bond motifs is 1. The SMILES string of the molecule is CC=C(C)c1cc2c(cc1C)OC(F)(F)O2. The smallest absolute Gasteiger partial charge is 0.395 e. The van der Waals surface area contributed by atoms with E-state index in [0.717, 1.165) is 16.7 Å². The third-order valence-electron chi connectivity index (χ3n) is 2.61. The molecule has 0 atom stereocenters. The Labute approximate surface area is 92.5 Å². The van der Waals surface area contributed by atoms with Crippen LogP contribution in [0.25, 0.3) is 5.57 Å². The highest BCUT2D eigenvalue weighted by Crippen LogP contribution is 2.43. The molecule has 0 N–H and O–H groups in total. The van der Waals surface area contributed by atoms with E-state index in [1.54, 1.807) is 12.1 Å². The van der Waals surface area contributed by atoms with E-state index in [2.05, 4.69) is 9.47 Å². The fourth-order valence-electron chi connectivity index (χ4n) is 1.68. The van der Waals surface area contributed by atoms with Gasteiger partial charge in [0.05, 0.1) is 0 Å². The number of ether oxygens (including phenoxy) is 2. The van der Waals surface area contributed by atoms with Crippen LogP contribution >= 0.6 is 0 Å². The Morgan fingerprint density at radius 3 is 2.38 bits per heavy atom. The van der Waals surface area contributed by atoms with Gasteiger partial charge >= 0.3 is 6.29 Å². The Kier molecular flexibility index (Phi) is 2.37. The molecule has 0 saturated heterocycles. The van der Waals surface area contributed by atoms with E-state index in [0.29, 0.717) is 0 Å². The molecule has 0 aromatic heterocycles. The zero-order valence-electron chi connectivity index (χ0n) is 9.30. The minimum atomic E-state index is -3.54. The molecular weight excluding hydrogens is 214 g/mol. The van der Waals surface area contributed by atoms with Gasteiger partial charge in [-0.2, -0.15) is 0 Å². The minimum absolute atomic E-state index is 0.0896. The van der Waals surface area contributed by atoms with Crippen LogP contribution < -0.4 is 9.47 Å². The molecular formula is C12H12F2O2. The van der Waals surface area contributed by atoms with E-state index in [4.69, 9.17) is 0 Å². The van der Waals surface area contributed by atoms with Crippen LogP contribution in [0, 0.1) is 6.92 Å². The van der Waals surface area contributed by atoms with Crippen molar-refractivity contribution in [2.24, 2.45) is 0 Å². The van der Waals surface area contributed by atoms with E-state index in [9.17, 15) is 8.78 Å². The Balaban J connectivity index is 2.49. The van der Waals surface area contributed by atoms with Crippen LogP contribution in [-0.4, -0.2) is 6.29 Å². The molecule has 0 radical (unpaired) electrons. The summed E-state index contributed by atoms with van der Waals surface area (Å²) in [5, 5.41) is 0. The number of rotatable bonds is 1. The highest BCUT2D eigenvalue weighted by molar-refractivity contribution is 5.69. The minimum Gasteiger partial charge on any atom is -0.395 e. The van der Waals surface area contributed by atoms with Gasteiger partial charge in [0.2, 0.25) is 0 Å². The van der Waals surface area contributed by atoms with Gasteiger partial charge in [0.1, 0.15) is 0 Å². The lowest BCUT2D eigenvalue weighted by Gasteiger charge is -2.06. The third-order valence-corrected chi connectivity index (χ3v) is 2.61. The zero-order valence-corrected chi connectivity index (χ0v) is 9.30. The van der Waals surface area contributed by atoms with Crippen LogP contribution in [0.15, 0.2) is 18.2 Å². The second-order valence-electron chi connectivity index (χ2n) is 3.75. The fourth-order valence-corrected chi connectivity index (χ4v) is 1.68. The molecule has 2 nitrogen and oxygen atoms in total. The summed E-state index contributed by atoms with van der Waals surface area (Å²) >= 11 is 0. The lowest BCUT2D eigenvalue weighted by Crippen LogP contribution is -2.25. The lowest BCUT2D eigenvalue weighted by atomic mass is 10.0. The van der Waals surface area contributed by atoms with Gasteiger partial charge in [-0.15, -0.1) is 8.78 Å². The molecule has 0 amide bonds. The number of alkyl halides is 2. The Bertz CT molecular complexity index is 464. The van der Waals surface area contributed by atoms with Crippen LogP contribution in [-0.2, 0) is 0 Å². The highest BCUT2D eigenvalue weighted by atomic mass is 19.3. The Morgan fingerprint density at radius 1 is 1.25 bits per heavy atom. The van der Waals surface area contributed by atoms with Gasteiger partial charge < -0.3 is 9.47 Å². The fraction of sp³-hybridized carbons (Fsp3) is 0.333. The van der Waals surface area contributed by atoms with Gasteiger partial charge in [0, 0.05) is 0 Å². The maximum atomic E-state index is 12.8. The van der Waals surface area contributed by atoms with Crippen LogP contribution in [0.5, 0.6) is 11.5 Å². The Morgan fingerprint density at radius 2 is 1.81 bits per heavy atom. The number of aryl methyl sites for hydroxylation is 1. The van der Waals surface area contributed by atoms with Crippen molar-refractivity contribution in [3.63, 3.8) is 0 Å². The molecule has 0 fully saturated rings. The predicted octanol–water partition coefficient (Wildman–Crippen LogP) is 3.74. The van der Waals surface area contributed by atoms with E-state index in [-0.39, 0.29) is 11.5 Å². The van der Waals surface area contributed by atoms with Crippen LogP contribution in [0.4, 0.5) is 8.78 Å². The average Bonchev–Trinajstić information content (AvgIpc) is 2.48. The van der Waals surface area contributed by atoms with E-state index >= 15 is 0 Å². The Hall–Kier alpha value is -1.58. The van der Waals surface area contributed by atoms with Gasteiger partial charge in [-0.3, -0.25) is 0 Å². The molecule has 86 valence electrons. The van der Waals surface area contributed by atoms with Gasteiger partial charge in [0.25, 0.3) is 0 Å². The first kappa shape index (κ1) is 10.9. The van der Waals surface area contributed by atoms with Gasteiger partial charge in [0.15, 0.2) is 11.5 Å². The van der Waals surface area contributed by atoms with Gasteiger partial charge in [-0.1, -0.05) is 6.08 Å². The van der Waals surface area contributed by atoms with Crippen molar-refractivity contribution >= 4 is 5.57 Å². The standard InChI is InChI=1S/C12H12F2O2/c1-4-7(2)9-6-11-10(5-8(9)3)15-12(13,14)16-11/h4-6H,1-3H3. The average molecular weight is 226 g/mol. The molecule has 1 aromatic rings. The van der Waals surface area contributed by atoms with Crippen molar-refractivity contribution < 1.29 is 18.3 Å². The van der Waals surface area contributed by atoms with E-state index in [1.807, 2.05) is 26.8 Å². The van der Waals surface area contributed by atoms with Crippen molar-refractivity contribution in [3.05, 3.63) is 29.3 Å². The summed E-state index contributed by atoms with van der Waals surface area (Å²) in [6, 6.07) is 3.15. The first-order valence-electron chi connectivity index (χ1n) is 4.97. The molecule has 0 bridgehead atoms. The molecule has 2 rings (SSSR count). The summed E-state index contributed by atoms with van der Waals surface area (Å²) in [4.78, 5) is 0. The maximum Gasteiger partial charge on any atom is 0.586 e. The zero-order chi connectivity index (χ0) is 11.9. The summed E-state index contributed by atoms with van der Waals surface area (Å²) < 4.78 is 34.4. The summed E-state index contributed by atoms with van der Waals surface area (Å²) in [5.41, 5.74) is 2.79. The molecule has 0 aliphatic carbocycles. The van der Waals surface area contributed by atoms with Crippen molar-refractivity contribution in [3.8, 4) is 11.5 Å². The molecule has 0 unspecified atom stereocenters. The largest absolute Gasteiger partial charge is 0.586 e. The number of halogens is 2. The summed E-state index contributed by atoms with van der Waals surface area (Å²) in [5.74, 6) is 0.182. The van der Waals surface area contributed by atoms with Crippen molar-refractivity contribution in [1.29, 1.82) is 0 Å². The summed E-state index contributed by atoms with van der Waals surface area (Å²) in [6.45, 7) is 5.67. The first-order chi connectivity index (χ1) is 7.43. The van der Waals surface area contributed by atoms with Gasteiger partial charge in [-0.25, -0.2) is 0 Å². The van der Waals surface area contributed by atoms with Crippen LogP contribution in [0.3, 0.4) is 0 Å². The van der Waals surface area contributed by atoms with E-state index < -0.39 is 6.29 Å². The molecule has 4 heteroatoms. The topological polar surface area (TPSA) is 18.5 Å². The molecule has 0 spiro atoms. The van der Waals surface area contributed by atoms with Crippen LogP contribution in [0.1, 0.15) is 25.0 Å². The molecule has 0 saturated carbocycles. The van der Waals surface area contributed by atoms with Crippen molar-refractivity contribution in [1.82, 2.24) is 0 Å². The molecule has 1 aromatic carbocycles. The lowest BCUT2D eigenvalue weighted by molar-refractivity contribution is -0.286. The summed E-state index contributed by atoms with van der Waals surface area (Å²) in [7, 11) is 0. The molecule has 16 heavy (non-hydrogen) atoms. The van der Waals surface area contributed by atoms with Gasteiger partial charge in [-0.05, 0) is 49.6 Å². The highest BCUT2D eigenvalue weighted by Gasteiger charge is 2.43. The second kappa shape index (κ2) is 3.47. The predicted molar refractivity (Wildman–Crippen MR) is 56.7 cm³/mol.